The number of rotatable bonds is 7. The summed E-state index contributed by atoms with van der Waals surface area (Å²) in [6.07, 6.45) is 2.64. The molecule has 0 saturated carbocycles. The normalized spacial score (nSPS) is 12.9. The topological polar surface area (TPSA) is 92.1 Å². The molecule has 0 bridgehead atoms. The van der Waals surface area contributed by atoms with Crippen LogP contribution >= 0.6 is 0 Å². The Balaban J connectivity index is 1.80. The van der Waals surface area contributed by atoms with E-state index in [-0.39, 0.29) is 17.4 Å². The van der Waals surface area contributed by atoms with E-state index in [4.69, 9.17) is 0 Å². The molecule has 1 heterocycles. The number of amides is 2. The maximum absolute atomic E-state index is 12.0. The standard InChI is InChI=1S/C18H27N5O2/c1-13(2)16(24)18(3,4)10-21-17(25)20-9-14-5-7-15(8-6-14)23-12-19-11-22-23/h5-8,11-13,16,24H,9-10H2,1-4H3,(H2,20,21,25)/t16-/m0/s1. The molecule has 2 rings (SSSR count). The van der Waals surface area contributed by atoms with Crippen LogP contribution in [0.4, 0.5) is 4.79 Å². The van der Waals surface area contributed by atoms with Crippen LogP contribution in [0, 0.1) is 11.3 Å². The monoisotopic (exact) mass is 345 g/mol. The molecule has 0 saturated heterocycles. The van der Waals surface area contributed by atoms with Crippen LogP contribution in [0.3, 0.4) is 0 Å². The average Bonchev–Trinajstić information content (AvgIpc) is 3.12. The van der Waals surface area contributed by atoms with Gasteiger partial charge in [0.15, 0.2) is 0 Å². The van der Waals surface area contributed by atoms with Crippen LogP contribution in [-0.2, 0) is 6.54 Å². The van der Waals surface area contributed by atoms with Gasteiger partial charge in [0.1, 0.15) is 12.7 Å². The van der Waals surface area contributed by atoms with Crippen LogP contribution < -0.4 is 10.6 Å². The first-order chi connectivity index (χ1) is 11.8. The Bertz CT molecular complexity index is 665. The second kappa shape index (κ2) is 8.11. The van der Waals surface area contributed by atoms with E-state index in [1.807, 2.05) is 52.0 Å². The number of urea groups is 1. The van der Waals surface area contributed by atoms with Crippen molar-refractivity contribution in [1.29, 1.82) is 0 Å². The van der Waals surface area contributed by atoms with Gasteiger partial charge in [-0.3, -0.25) is 0 Å². The highest BCUT2D eigenvalue weighted by atomic mass is 16.3. The Morgan fingerprint density at radius 2 is 1.92 bits per heavy atom. The van der Waals surface area contributed by atoms with Crippen molar-refractivity contribution in [1.82, 2.24) is 25.4 Å². The molecule has 1 aromatic carbocycles. The molecule has 136 valence electrons. The molecule has 0 spiro atoms. The molecule has 1 aromatic heterocycles. The molecule has 3 N–H and O–H groups in total. The zero-order valence-corrected chi connectivity index (χ0v) is 15.2. The number of aliphatic hydroxyl groups is 1. The molecule has 0 fully saturated rings. The van der Waals surface area contributed by atoms with Gasteiger partial charge in [-0.1, -0.05) is 39.8 Å². The van der Waals surface area contributed by atoms with Gasteiger partial charge in [-0.05, 0) is 23.6 Å². The van der Waals surface area contributed by atoms with E-state index < -0.39 is 6.10 Å². The van der Waals surface area contributed by atoms with Crippen molar-refractivity contribution >= 4 is 6.03 Å². The SMILES string of the molecule is CC(C)[C@H](O)C(C)(C)CNC(=O)NCc1ccc(-n2cncn2)cc1. The van der Waals surface area contributed by atoms with Gasteiger partial charge in [-0.15, -0.1) is 0 Å². The first-order valence-electron chi connectivity index (χ1n) is 8.43. The number of nitrogens with zero attached hydrogens (tertiary/aromatic N) is 3. The number of hydrogen-bond donors (Lipinski definition) is 3. The highest BCUT2D eigenvalue weighted by molar-refractivity contribution is 5.73. The predicted octanol–water partition coefficient (Wildman–Crippen LogP) is 2.11. The van der Waals surface area contributed by atoms with Crippen molar-refractivity contribution in [3.63, 3.8) is 0 Å². The number of carbonyl (C=O) groups excluding carboxylic acids is 1. The van der Waals surface area contributed by atoms with E-state index >= 15 is 0 Å². The Kier molecular flexibility index (Phi) is 6.14. The minimum atomic E-state index is -0.475. The van der Waals surface area contributed by atoms with Crippen LogP contribution in [0.25, 0.3) is 5.69 Å². The fourth-order valence-corrected chi connectivity index (χ4v) is 2.67. The van der Waals surface area contributed by atoms with Gasteiger partial charge in [-0.2, -0.15) is 5.10 Å². The van der Waals surface area contributed by atoms with Gasteiger partial charge in [0, 0.05) is 18.5 Å². The molecule has 1 atom stereocenters. The van der Waals surface area contributed by atoms with Crippen molar-refractivity contribution in [3.8, 4) is 5.69 Å². The third-order valence-electron chi connectivity index (χ3n) is 4.21. The Hall–Kier alpha value is -2.41. The molecule has 2 aromatic rings. The van der Waals surface area contributed by atoms with Crippen molar-refractivity contribution in [2.45, 2.75) is 40.3 Å². The first kappa shape index (κ1) is 18.9. The van der Waals surface area contributed by atoms with E-state index in [1.54, 1.807) is 11.0 Å². The lowest BCUT2D eigenvalue weighted by atomic mass is 9.81. The molecule has 7 heteroatoms. The van der Waals surface area contributed by atoms with Crippen molar-refractivity contribution in [2.75, 3.05) is 6.54 Å². The highest BCUT2D eigenvalue weighted by Gasteiger charge is 2.30. The summed E-state index contributed by atoms with van der Waals surface area (Å²) >= 11 is 0. The van der Waals surface area contributed by atoms with Gasteiger partial charge in [-0.25, -0.2) is 14.5 Å². The van der Waals surface area contributed by atoms with Crippen LogP contribution in [0.1, 0.15) is 33.3 Å². The third-order valence-corrected chi connectivity index (χ3v) is 4.21. The Morgan fingerprint density at radius 1 is 1.24 bits per heavy atom. The fraction of sp³-hybridized carbons (Fsp3) is 0.500. The summed E-state index contributed by atoms with van der Waals surface area (Å²) in [4.78, 5) is 15.9. The molecule has 0 aliphatic heterocycles. The summed E-state index contributed by atoms with van der Waals surface area (Å²) in [5, 5.41) is 19.9. The zero-order valence-electron chi connectivity index (χ0n) is 15.2. The van der Waals surface area contributed by atoms with E-state index in [0.29, 0.717) is 13.1 Å². The summed E-state index contributed by atoms with van der Waals surface area (Å²) in [5.74, 6) is 0.142. The van der Waals surface area contributed by atoms with Crippen LogP contribution in [0.5, 0.6) is 0 Å². The summed E-state index contributed by atoms with van der Waals surface area (Å²) < 4.78 is 1.67. The number of aromatic nitrogens is 3. The van der Waals surface area contributed by atoms with Gasteiger partial charge in [0.2, 0.25) is 0 Å². The van der Waals surface area contributed by atoms with Gasteiger partial charge >= 0.3 is 6.03 Å². The molecular weight excluding hydrogens is 318 g/mol. The summed E-state index contributed by atoms with van der Waals surface area (Å²) in [7, 11) is 0. The molecule has 0 radical (unpaired) electrons. The largest absolute Gasteiger partial charge is 0.392 e. The first-order valence-corrected chi connectivity index (χ1v) is 8.43. The predicted molar refractivity (Wildman–Crippen MR) is 96.2 cm³/mol. The lowest BCUT2D eigenvalue weighted by Crippen LogP contribution is -2.46. The van der Waals surface area contributed by atoms with Crippen LogP contribution in [-0.4, -0.2) is 38.6 Å². The van der Waals surface area contributed by atoms with Gasteiger partial charge in [0.25, 0.3) is 0 Å². The minimum absolute atomic E-state index is 0.142. The van der Waals surface area contributed by atoms with E-state index in [1.165, 1.54) is 6.33 Å². The number of aliphatic hydroxyl groups excluding tert-OH is 1. The average molecular weight is 345 g/mol. The van der Waals surface area contributed by atoms with E-state index in [2.05, 4.69) is 20.7 Å². The van der Waals surface area contributed by atoms with Gasteiger partial charge in [0.05, 0.1) is 11.8 Å². The number of carbonyl (C=O) groups is 1. The maximum atomic E-state index is 12.0. The van der Waals surface area contributed by atoms with E-state index in [9.17, 15) is 9.90 Å². The molecule has 7 nitrogen and oxygen atoms in total. The highest BCUT2D eigenvalue weighted by Crippen LogP contribution is 2.24. The number of hydrogen-bond acceptors (Lipinski definition) is 4. The molecular formula is C18H27N5O2. The molecule has 25 heavy (non-hydrogen) atoms. The maximum Gasteiger partial charge on any atom is 0.315 e. The number of nitrogens with one attached hydrogen (secondary N) is 2. The third kappa shape index (κ3) is 5.29. The van der Waals surface area contributed by atoms with Crippen LogP contribution in [0.2, 0.25) is 0 Å². The Morgan fingerprint density at radius 3 is 2.48 bits per heavy atom. The summed E-state index contributed by atoms with van der Waals surface area (Å²) in [6.45, 7) is 8.66. The smallest absolute Gasteiger partial charge is 0.315 e. The second-order valence-corrected chi connectivity index (χ2v) is 7.22. The fourth-order valence-electron chi connectivity index (χ4n) is 2.67. The molecule has 2 amide bonds. The lowest BCUT2D eigenvalue weighted by molar-refractivity contribution is 0.0151. The Labute approximate surface area is 148 Å². The van der Waals surface area contributed by atoms with Crippen molar-refractivity contribution in [2.24, 2.45) is 11.3 Å². The summed E-state index contributed by atoms with van der Waals surface area (Å²) in [5.41, 5.74) is 1.51. The zero-order chi connectivity index (χ0) is 18.4. The van der Waals surface area contributed by atoms with Crippen molar-refractivity contribution < 1.29 is 9.90 Å². The quantitative estimate of drug-likeness (QED) is 0.717. The van der Waals surface area contributed by atoms with Gasteiger partial charge < -0.3 is 15.7 Å². The van der Waals surface area contributed by atoms with Crippen LogP contribution in [0.15, 0.2) is 36.9 Å². The molecule has 0 unspecified atom stereocenters. The van der Waals surface area contributed by atoms with E-state index in [0.717, 1.165) is 11.3 Å². The second-order valence-electron chi connectivity index (χ2n) is 7.22. The molecule has 0 aliphatic rings. The minimum Gasteiger partial charge on any atom is -0.392 e. The number of benzene rings is 1. The molecule has 0 aliphatic carbocycles. The van der Waals surface area contributed by atoms with Crippen molar-refractivity contribution in [3.05, 3.63) is 42.5 Å². The lowest BCUT2D eigenvalue weighted by Gasteiger charge is -2.33. The summed E-state index contributed by atoms with van der Waals surface area (Å²) in [6, 6.07) is 7.47.